The average Bonchev–Trinajstić information content (AvgIpc) is 2.53. The van der Waals surface area contributed by atoms with Crippen LogP contribution in [-0.2, 0) is 9.53 Å². The second-order valence-electron chi connectivity index (χ2n) is 5.46. The normalized spacial score (nSPS) is 12.5. The van der Waals surface area contributed by atoms with E-state index in [0.717, 1.165) is 18.2 Å². The Hall–Kier alpha value is -2.61. The maximum Gasteiger partial charge on any atom is 0.573 e. The molecule has 2 rings (SSSR count). The molecule has 0 amide bonds. The first-order valence-corrected chi connectivity index (χ1v) is 7.76. The van der Waals surface area contributed by atoms with Crippen molar-refractivity contribution in [3.63, 3.8) is 0 Å². The van der Waals surface area contributed by atoms with Crippen LogP contribution in [0.25, 0.3) is 11.1 Å². The highest BCUT2D eigenvalue weighted by Gasteiger charge is 2.31. The molecule has 140 valence electrons. The third-order valence-electron chi connectivity index (χ3n) is 3.44. The van der Waals surface area contributed by atoms with E-state index in [1.165, 1.54) is 24.3 Å². The Morgan fingerprint density at radius 2 is 1.88 bits per heavy atom. The fourth-order valence-corrected chi connectivity index (χ4v) is 2.38. The number of ether oxygens (including phenoxy) is 2. The fourth-order valence-electron chi connectivity index (χ4n) is 2.38. The number of hydrogen-bond acceptors (Lipinski definition) is 4. The molecule has 0 bridgehead atoms. The van der Waals surface area contributed by atoms with Gasteiger partial charge in [-0.3, -0.25) is 4.79 Å². The van der Waals surface area contributed by atoms with Gasteiger partial charge < -0.3 is 15.2 Å². The summed E-state index contributed by atoms with van der Waals surface area (Å²) < 4.78 is 59.7. The molecule has 2 aromatic carbocycles. The molecule has 1 atom stereocenters. The SMILES string of the molecule is CCOC(=O)C[C@H](N)c1cc(F)cc(-c2cccc(OC(F)(F)F)c2)c1. The number of carbonyl (C=O) groups excluding carboxylic acids is 1. The third-order valence-corrected chi connectivity index (χ3v) is 3.44. The molecule has 0 saturated heterocycles. The highest BCUT2D eigenvalue weighted by molar-refractivity contribution is 5.71. The first-order chi connectivity index (χ1) is 12.2. The summed E-state index contributed by atoms with van der Waals surface area (Å²) in [5, 5.41) is 0. The van der Waals surface area contributed by atoms with Gasteiger partial charge >= 0.3 is 12.3 Å². The van der Waals surface area contributed by atoms with E-state index in [1.807, 2.05) is 0 Å². The van der Waals surface area contributed by atoms with Crippen LogP contribution in [-0.4, -0.2) is 18.9 Å². The maximum atomic E-state index is 13.9. The summed E-state index contributed by atoms with van der Waals surface area (Å²) >= 11 is 0. The minimum atomic E-state index is -4.83. The van der Waals surface area contributed by atoms with Gasteiger partial charge in [0, 0.05) is 6.04 Å². The van der Waals surface area contributed by atoms with Gasteiger partial charge in [0.05, 0.1) is 13.0 Å². The number of carbonyl (C=O) groups is 1. The number of esters is 1. The van der Waals surface area contributed by atoms with Crippen molar-refractivity contribution in [1.29, 1.82) is 0 Å². The van der Waals surface area contributed by atoms with Gasteiger partial charge in [0.1, 0.15) is 11.6 Å². The molecular formula is C18H17F4NO3. The zero-order valence-electron chi connectivity index (χ0n) is 13.8. The smallest absolute Gasteiger partial charge is 0.466 e. The summed E-state index contributed by atoms with van der Waals surface area (Å²) in [5.74, 6) is -1.57. The van der Waals surface area contributed by atoms with Gasteiger partial charge in [-0.1, -0.05) is 12.1 Å². The molecule has 0 aliphatic heterocycles. The maximum absolute atomic E-state index is 13.9. The molecule has 0 aliphatic carbocycles. The number of halogens is 4. The van der Waals surface area contributed by atoms with Crippen molar-refractivity contribution in [2.24, 2.45) is 5.73 Å². The van der Waals surface area contributed by atoms with Crippen LogP contribution in [0.2, 0.25) is 0 Å². The lowest BCUT2D eigenvalue weighted by molar-refractivity contribution is -0.274. The van der Waals surface area contributed by atoms with E-state index >= 15 is 0 Å². The van der Waals surface area contributed by atoms with E-state index < -0.39 is 29.9 Å². The van der Waals surface area contributed by atoms with Crippen molar-refractivity contribution < 1.29 is 31.8 Å². The lowest BCUT2D eigenvalue weighted by atomic mass is 9.98. The van der Waals surface area contributed by atoms with Crippen LogP contribution in [0.3, 0.4) is 0 Å². The zero-order valence-corrected chi connectivity index (χ0v) is 13.8. The topological polar surface area (TPSA) is 61.5 Å². The van der Waals surface area contributed by atoms with E-state index in [1.54, 1.807) is 6.92 Å². The molecule has 0 aliphatic rings. The molecule has 26 heavy (non-hydrogen) atoms. The second kappa shape index (κ2) is 8.18. The molecular weight excluding hydrogens is 354 g/mol. The van der Waals surface area contributed by atoms with E-state index in [4.69, 9.17) is 10.5 Å². The Morgan fingerprint density at radius 1 is 1.15 bits per heavy atom. The standard InChI is InChI=1S/C18H17F4NO3/c1-2-25-17(24)10-16(23)13-6-12(7-14(19)8-13)11-4-3-5-15(9-11)26-18(20,21)22/h3-9,16H,2,10,23H2,1H3/t16-/m0/s1. The Balaban J connectivity index is 2.29. The van der Waals surface area contributed by atoms with Crippen molar-refractivity contribution >= 4 is 5.97 Å². The van der Waals surface area contributed by atoms with Gasteiger partial charge in [0.2, 0.25) is 0 Å². The van der Waals surface area contributed by atoms with Crippen molar-refractivity contribution in [1.82, 2.24) is 0 Å². The first kappa shape index (κ1) is 19.7. The van der Waals surface area contributed by atoms with Gasteiger partial charge in [-0.15, -0.1) is 13.2 Å². The Morgan fingerprint density at radius 3 is 2.54 bits per heavy atom. The van der Waals surface area contributed by atoms with Crippen LogP contribution in [0, 0.1) is 5.82 Å². The van der Waals surface area contributed by atoms with Crippen LogP contribution in [0.1, 0.15) is 24.9 Å². The van der Waals surface area contributed by atoms with Crippen LogP contribution >= 0.6 is 0 Å². The molecule has 4 nitrogen and oxygen atoms in total. The van der Waals surface area contributed by atoms with Crippen LogP contribution in [0.4, 0.5) is 17.6 Å². The number of rotatable bonds is 6. The van der Waals surface area contributed by atoms with Gasteiger partial charge in [-0.05, 0) is 53.9 Å². The lowest BCUT2D eigenvalue weighted by Gasteiger charge is -2.14. The summed E-state index contributed by atoms with van der Waals surface area (Å²) in [7, 11) is 0. The highest BCUT2D eigenvalue weighted by Crippen LogP contribution is 2.30. The second-order valence-corrected chi connectivity index (χ2v) is 5.46. The molecule has 0 unspecified atom stereocenters. The monoisotopic (exact) mass is 371 g/mol. The molecule has 2 N–H and O–H groups in total. The molecule has 0 heterocycles. The highest BCUT2D eigenvalue weighted by atomic mass is 19.4. The first-order valence-electron chi connectivity index (χ1n) is 7.76. The summed E-state index contributed by atoms with van der Waals surface area (Å²) in [4.78, 5) is 11.5. The summed E-state index contributed by atoms with van der Waals surface area (Å²) in [6, 6.07) is 8.19. The van der Waals surface area contributed by atoms with Crippen molar-refractivity contribution in [3.8, 4) is 16.9 Å². The van der Waals surface area contributed by atoms with Crippen molar-refractivity contribution in [2.75, 3.05) is 6.61 Å². The Labute approximate surface area is 147 Å². The van der Waals surface area contributed by atoms with E-state index in [2.05, 4.69) is 4.74 Å². The average molecular weight is 371 g/mol. The number of hydrogen-bond donors (Lipinski definition) is 1. The predicted octanol–water partition coefficient (Wildman–Crippen LogP) is 4.34. The molecule has 0 spiro atoms. The van der Waals surface area contributed by atoms with E-state index in [9.17, 15) is 22.4 Å². The zero-order chi connectivity index (χ0) is 19.3. The fraction of sp³-hybridized carbons (Fsp3) is 0.278. The lowest BCUT2D eigenvalue weighted by Crippen LogP contribution is -2.17. The number of alkyl halides is 3. The van der Waals surface area contributed by atoms with Crippen LogP contribution < -0.4 is 10.5 Å². The van der Waals surface area contributed by atoms with Gasteiger partial charge in [-0.2, -0.15) is 0 Å². The van der Waals surface area contributed by atoms with Crippen molar-refractivity contribution in [2.45, 2.75) is 25.7 Å². The van der Waals surface area contributed by atoms with E-state index in [0.29, 0.717) is 16.7 Å². The Bertz CT molecular complexity index is 777. The number of nitrogens with two attached hydrogens (primary N) is 1. The quantitative estimate of drug-likeness (QED) is 0.606. The van der Waals surface area contributed by atoms with Crippen molar-refractivity contribution in [3.05, 3.63) is 53.8 Å². The number of benzene rings is 2. The van der Waals surface area contributed by atoms with Gasteiger partial charge in [0.25, 0.3) is 0 Å². The Kier molecular flexibility index (Phi) is 6.20. The van der Waals surface area contributed by atoms with Gasteiger partial charge in [0.15, 0.2) is 0 Å². The van der Waals surface area contributed by atoms with E-state index in [-0.39, 0.29) is 13.0 Å². The van der Waals surface area contributed by atoms with Crippen LogP contribution in [0.5, 0.6) is 5.75 Å². The minimum absolute atomic E-state index is 0.145. The molecule has 0 aromatic heterocycles. The summed E-state index contributed by atoms with van der Waals surface area (Å²) in [6.07, 6.45) is -4.97. The molecule has 0 fully saturated rings. The van der Waals surface area contributed by atoms with Gasteiger partial charge in [-0.25, -0.2) is 4.39 Å². The summed E-state index contributed by atoms with van der Waals surface area (Å²) in [6.45, 7) is 1.85. The molecule has 2 aromatic rings. The third kappa shape index (κ3) is 5.73. The van der Waals surface area contributed by atoms with Crippen LogP contribution in [0.15, 0.2) is 42.5 Å². The largest absolute Gasteiger partial charge is 0.573 e. The predicted molar refractivity (Wildman–Crippen MR) is 86.7 cm³/mol. The summed E-state index contributed by atoms with van der Waals surface area (Å²) in [5.41, 5.74) is 6.87. The molecule has 8 heteroatoms. The molecule has 0 radical (unpaired) electrons. The molecule has 0 saturated carbocycles. The minimum Gasteiger partial charge on any atom is -0.466 e.